The minimum atomic E-state index is -3.90. The molecular weight excluding hydrogens is 299 g/mol. The number of rotatable bonds is 4. The van der Waals surface area contributed by atoms with E-state index in [9.17, 15) is 12.8 Å². The minimum Gasteiger partial charge on any atom is -0.389 e. The lowest BCUT2D eigenvalue weighted by atomic mass is 10.2. The highest BCUT2D eigenvalue weighted by Gasteiger charge is 2.16. The van der Waals surface area contributed by atoms with E-state index in [1.165, 1.54) is 42.5 Å². The highest BCUT2D eigenvalue weighted by atomic mass is 32.2. The zero-order valence-electron chi connectivity index (χ0n) is 10.2. The van der Waals surface area contributed by atoms with Gasteiger partial charge in [0.2, 0.25) is 0 Å². The molecule has 0 aliphatic rings. The number of sulfonamides is 1. The van der Waals surface area contributed by atoms with E-state index in [1.54, 1.807) is 6.07 Å². The molecule has 0 spiro atoms. The molecule has 0 amide bonds. The third-order valence-corrected chi connectivity index (χ3v) is 4.15. The highest BCUT2D eigenvalue weighted by Crippen LogP contribution is 2.19. The van der Waals surface area contributed by atoms with Crippen LogP contribution in [0.25, 0.3) is 0 Å². The number of halogens is 1. The molecule has 3 N–H and O–H groups in total. The van der Waals surface area contributed by atoms with Gasteiger partial charge in [-0.15, -0.1) is 0 Å². The number of nitrogens with one attached hydrogen (secondary N) is 1. The molecule has 0 atom stereocenters. The van der Waals surface area contributed by atoms with Gasteiger partial charge in [0.05, 0.1) is 10.6 Å². The summed E-state index contributed by atoms with van der Waals surface area (Å²) < 4.78 is 40.0. The Bertz CT molecular complexity index is 760. The van der Waals surface area contributed by atoms with Crippen molar-refractivity contribution in [2.75, 3.05) is 4.72 Å². The zero-order chi connectivity index (χ0) is 14.8. The first-order chi connectivity index (χ1) is 9.40. The van der Waals surface area contributed by atoms with Crippen molar-refractivity contribution in [1.29, 1.82) is 0 Å². The number of benzene rings is 2. The van der Waals surface area contributed by atoms with Gasteiger partial charge in [-0.1, -0.05) is 36.5 Å². The molecule has 0 aliphatic carbocycles. The van der Waals surface area contributed by atoms with E-state index >= 15 is 0 Å². The Morgan fingerprint density at radius 1 is 1.15 bits per heavy atom. The molecule has 7 heteroatoms. The second-order valence-corrected chi connectivity index (χ2v) is 6.10. The Hall–Kier alpha value is -1.99. The van der Waals surface area contributed by atoms with Crippen LogP contribution < -0.4 is 10.5 Å². The Labute approximate surface area is 121 Å². The molecule has 0 saturated heterocycles. The average molecular weight is 310 g/mol. The Balaban J connectivity index is 2.38. The van der Waals surface area contributed by atoms with E-state index < -0.39 is 15.8 Å². The van der Waals surface area contributed by atoms with Crippen molar-refractivity contribution in [1.82, 2.24) is 0 Å². The summed E-state index contributed by atoms with van der Waals surface area (Å²) in [6.07, 6.45) is 0. The molecule has 0 unspecified atom stereocenters. The summed E-state index contributed by atoms with van der Waals surface area (Å²) in [6, 6.07) is 11.4. The highest BCUT2D eigenvalue weighted by molar-refractivity contribution is 7.92. The van der Waals surface area contributed by atoms with Crippen molar-refractivity contribution < 1.29 is 12.8 Å². The van der Waals surface area contributed by atoms with Gasteiger partial charge < -0.3 is 5.73 Å². The molecule has 0 fully saturated rings. The first kappa shape index (κ1) is 14.4. The van der Waals surface area contributed by atoms with Gasteiger partial charge in [0.25, 0.3) is 10.0 Å². The van der Waals surface area contributed by atoms with Crippen LogP contribution in [0.1, 0.15) is 5.56 Å². The normalized spacial score (nSPS) is 11.1. The lowest BCUT2D eigenvalue weighted by Crippen LogP contribution is -2.16. The number of nitrogens with two attached hydrogens (primary N) is 1. The predicted octanol–water partition coefficient (Wildman–Crippen LogP) is 2.26. The van der Waals surface area contributed by atoms with Crippen LogP contribution in [0.4, 0.5) is 10.1 Å². The van der Waals surface area contributed by atoms with Crippen LogP contribution in [0.3, 0.4) is 0 Å². The van der Waals surface area contributed by atoms with E-state index in [0.717, 1.165) is 0 Å². The maximum absolute atomic E-state index is 13.5. The lowest BCUT2D eigenvalue weighted by molar-refractivity contribution is 0.598. The second kappa shape index (κ2) is 5.56. The van der Waals surface area contributed by atoms with Crippen LogP contribution in [-0.4, -0.2) is 13.4 Å². The van der Waals surface area contributed by atoms with Crippen molar-refractivity contribution in [2.24, 2.45) is 5.73 Å². The third kappa shape index (κ3) is 3.12. The molecule has 2 rings (SSSR count). The molecule has 0 radical (unpaired) electrons. The van der Waals surface area contributed by atoms with Gasteiger partial charge in [-0.3, -0.25) is 4.72 Å². The molecule has 104 valence electrons. The number of anilines is 1. The Morgan fingerprint density at radius 2 is 1.85 bits per heavy atom. The molecule has 0 bridgehead atoms. The van der Waals surface area contributed by atoms with Crippen LogP contribution in [0.15, 0.2) is 53.4 Å². The van der Waals surface area contributed by atoms with Crippen molar-refractivity contribution in [3.8, 4) is 0 Å². The van der Waals surface area contributed by atoms with Crippen LogP contribution in [0, 0.1) is 5.82 Å². The molecule has 2 aromatic carbocycles. The minimum absolute atomic E-state index is 0.0361. The number of hydrogen-bond donors (Lipinski definition) is 2. The second-order valence-electron chi connectivity index (χ2n) is 3.98. The van der Waals surface area contributed by atoms with Gasteiger partial charge in [0.1, 0.15) is 10.8 Å². The van der Waals surface area contributed by atoms with Crippen LogP contribution in [-0.2, 0) is 10.0 Å². The monoisotopic (exact) mass is 310 g/mol. The molecule has 0 saturated carbocycles. The van der Waals surface area contributed by atoms with Gasteiger partial charge in [-0.25, -0.2) is 12.8 Å². The summed E-state index contributed by atoms with van der Waals surface area (Å²) in [5, 5.41) is 0. The molecule has 0 aliphatic heterocycles. The quantitative estimate of drug-likeness (QED) is 0.850. The van der Waals surface area contributed by atoms with E-state index in [0.29, 0.717) is 5.56 Å². The van der Waals surface area contributed by atoms with Crippen molar-refractivity contribution in [3.63, 3.8) is 0 Å². The first-order valence-electron chi connectivity index (χ1n) is 5.57. The maximum Gasteiger partial charge on any atom is 0.262 e. The molecule has 0 aromatic heterocycles. The summed E-state index contributed by atoms with van der Waals surface area (Å²) in [4.78, 5) is 0.0546. The number of hydrogen-bond acceptors (Lipinski definition) is 3. The summed E-state index contributed by atoms with van der Waals surface area (Å²) >= 11 is 4.80. The van der Waals surface area contributed by atoms with Gasteiger partial charge in [0, 0.05) is 5.56 Å². The molecule has 4 nitrogen and oxygen atoms in total. The fourth-order valence-electron chi connectivity index (χ4n) is 1.56. The molecule has 0 heterocycles. The predicted molar refractivity (Wildman–Crippen MR) is 79.5 cm³/mol. The molecule has 20 heavy (non-hydrogen) atoms. The molecule has 2 aromatic rings. The summed E-state index contributed by atoms with van der Waals surface area (Å²) in [6.45, 7) is 0. The Morgan fingerprint density at radius 3 is 2.50 bits per heavy atom. The van der Waals surface area contributed by atoms with Gasteiger partial charge in [-0.05, 0) is 24.3 Å². The van der Waals surface area contributed by atoms with E-state index in [-0.39, 0.29) is 15.6 Å². The summed E-state index contributed by atoms with van der Waals surface area (Å²) in [7, 11) is -3.90. The average Bonchev–Trinajstić information content (AvgIpc) is 2.41. The van der Waals surface area contributed by atoms with E-state index in [4.69, 9.17) is 18.0 Å². The fourth-order valence-corrected chi connectivity index (χ4v) is 2.80. The van der Waals surface area contributed by atoms with Gasteiger partial charge in [-0.2, -0.15) is 0 Å². The summed E-state index contributed by atoms with van der Waals surface area (Å²) in [5.74, 6) is -0.651. The topological polar surface area (TPSA) is 72.2 Å². The van der Waals surface area contributed by atoms with Crippen molar-refractivity contribution in [2.45, 2.75) is 4.90 Å². The van der Waals surface area contributed by atoms with Gasteiger partial charge in [0.15, 0.2) is 0 Å². The third-order valence-electron chi connectivity index (χ3n) is 2.55. The SMILES string of the molecule is NC(=S)c1cccc(S(=O)(=O)Nc2ccccc2F)c1. The zero-order valence-corrected chi connectivity index (χ0v) is 11.8. The fraction of sp³-hybridized carbons (Fsp3) is 0. The smallest absolute Gasteiger partial charge is 0.262 e. The van der Waals surface area contributed by atoms with Crippen LogP contribution in [0.2, 0.25) is 0 Å². The Kier molecular flexibility index (Phi) is 4.01. The van der Waals surface area contributed by atoms with Crippen molar-refractivity contribution in [3.05, 3.63) is 59.9 Å². The van der Waals surface area contributed by atoms with Crippen molar-refractivity contribution >= 4 is 32.9 Å². The maximum atomic E-state index is 13.5. The summed E-state index contributed by atoms with van der Waals surface area (Å²) in [5.41, 5.74) is 5.77. The van der Waals surface area contributed by atoms with E-state index in [1.807, 2.05) is 0 Å². The first-order valence-corrected chi connectivity index (χ1v) is 7.46. The van der Waals surface area contributed by atoms with Crippen LogP contribution >= 0.6 is 12.2 Å². The van der Waals surface area contributed by atoms with Crippen LogP contribution in [0.5, 0.6) is 0 Å². The molecular formula is C13H11FN2O2S2. The number of para-hydroxylation sites is 1. The lowest BCUT2D eigenvalue weighted by Gasteiger charge is -2.09. The number of thiocarbonyl (C=S) groups is 1. The standard InChI is InChI=1S/C13H11FN2O2S2/c14-11-6-1-2-7-12(11)16-20(17,18)10-5-3-4-9(8-10)13(15)19/h1-8,16H,(H2,15,19). The van der Waals surface area contributed by atoms with E-state index in [2.05, 4.69) is 4.72 Å². The largest absolute Gasteiger partial charge is 0.389 e. The van der Waals surface area contributed by atoms with Gasteiger partial charge >= 0.3 is 0 Å².